The molecule has 2 heterocycles. The number of para-hydroxylation sites is 1. The van der Waals surface area contributed by atoms with Crippen molar-refractivity contribution in [1.82, 2.24) is 4.90 Å². The highest BCUT2D eigenvalue weighted by atomic mass is 16.5. The number of rotatable bonds is 6. The van der Waals surface area contributed by atoms with Crippen molar-refractivity contribution >= 4 is 17.5 Å². The molecule has 0 N–H and O–H groups in total. The third-order valence-electron chi connectivity index (χ3n) is 6.05. The van der Waals surface area contributed by atoms with Gasteiger partial charge < -0.3 is 14.5 Å². The largest absolute Gasteiger partial charge is 0.494 e. The lowest BCUT2D eigenvalue weighted by atomic mass is 9.95. The summed E-state index contributed by atoms with van der Waals surface area (Å²) in [5.41, 5.74) is 2.91. The van der Waals surface area contributed by atoms with Crippen molar-refractivity contribution in [2.75, 3.05) is 24.6 Å². The summed E-state index contributed by atoms with van der Waals surface area (Å²) in [4.78, 5) is 29.4. The van der Waals surface area contributed by atoms with Crippen molar-refractivity contribution in [3.05, 3.63) is 59.7 Å². The number of nitrogens with zero attached hydrogens (tertiary/aromatic N) is 3. The Balaban J connectivity index is 1.34. The summed E-state index contributed by atoms with van der Waals surface area (Å²) in [7, 11) is 0. The van der Waals surface area contributed by atoms with Crippen LogP contribution < -0.4 is 9.64 Å². The summed E-state index contributed by atoms with van der Waals surface area (Å²) in [5.74, 6) is 0.907. The van der Waals surface area contributed by atoms with Crippen LogP contribution in [0.1, 0.15) is 48.0 Å². The molecule has 160 valence electrons. The van der Waals surface area contributed by atoms with E-state index < -0.39 is 0 Å². The number of anilines is 1. The second kappa shape index (κ2) is 9.65. The lowest BCUT2D eigenvalue weighted by molar-refractivity contribution is -0.119. The zero-order chi connectivity index (χ0) is 21.6. The summed E-state index contributed by atoms with van der Waals surface area (Å²) < 4.78 is 5.59. The maximum atomic E-state index is 12.9. The molecule has 4 rings (SSSR count). The Morgan fingerprint density at radius 2 is 1.81 bits per heavy atom. The Labute approximate surface area is 183 Å². The molecule has 0 atom stereocenters. The van der Waals surface area contributed by atoms with Gasteiger partial charge in [0.15, 0.2) is 0 Å². The molecule has 6 nitrogen and oxygen atoms in total. The molecule has 1 saturated heterocycles. The summed E-state index contributed by atoms with van der Waals surface area (Å²) in [6, 6.07) is 17.6. The molecule has 0 spiro atoms. The first-order chi connectivity index (χ1) is 15.2. The number of carbonyl (C=O) groups excluding carboxylic acids is 2. The molecule has 2 aliphatic heterocycles. The van der Waals surface area contributed by atoms with Gasteiger partial charge in [0.2, 0.25) is 5.91 Å². The lowest BCUT2D eigenvalue weighted by Crippen LogP contribution is -2.50. The van der Waals surface area contributed by atoms with Crippen LogP contribution in [0.4, 0.5) is 5.69 Å². The minimum Gasteiger partial charge on any atom is -0.494 e. The first-order valence-corrected chi connectivity index (χ1v) is 11.0. The number of nitriles is 1. The van der Waals surface area contributed by atoms with Crippen LogP contribution in [0.5, 0.6) is 5.75 Å². The van der Waals surface area contributed by atoms with Crippen LogP contribution in [0, 0.1) is 11.3 Å². The third-order valence-corrected chi connectivity index (χ3v) is 6.05. The summed E-state index contributed by atoms with van der Waals surface area (Å²) in [5, 5.41) is 8.56. The van der Waals surface area contributed by atoms with E-state index in [9.17, 15) is 9.59 Å². The first-order valence-electron chi connectivity index (χ1n) is 11.0. The molecule has 2 aromatic rings. The molecule has 0 saturated carbocycles. The van der Waals surface area contributed by atoms with Crippen molar-refractivity contribution in [1.29, 1.82) is 5.26 Å². The Kier molecular flexibility index (Phi) is 6.51. The number of likely N-dealkylation sites (tertiary alicyclic amines) is 1. The maximum absolute atomic E-state index is 12.9. The molecule has 2 amide bonds. The van der Waals surface area contributed by atoms with E-state index in [1.165, 1.54) is 5.56 Å². The third kappa shape index (κ3) is 4.72. The number of hydrogen-bond acceptors (Lipinski definition) is 4. The van der Waals surface area contributed by atoms with Gasteiger partial charge in [0, 0.05) is 43.2 Å². The lowest BCUT2D eigenvalue weighted by Gasteiger charge is -2.41. The summed E-state index contributed by atoms with van der Waals surface area (Å²) >= 11 is 0. The van der Waals surface area contributed by atoms with Crippen molar-refractivity contribution in [3.63, 3.8) is 0 Å². The molecule has 0 bridgehead atoms. The predicted molar refractivity (Wildman–Crippen MR) is 118 cm³/mol. The van der Waals surface area contributed by atoms with Crippen LogP contribution in [0.15, 0.2) is 48.5 Å². The number of carbonyl (C=O) groups is 2. The molecule has 2 aliphatic rings. The number of fused-ring (bicyclic) bond motifs is 1. The van der Waals surface area contributed by atoms with E-state index >= 15 is 0 Å². The van der Waals surface area contributed by atoms with Gasteiger partial charge in [0.25, 0.3) is 5.91 Å². The highest BCUT2D eigenvalue weighted by Gasteiger charge is 2.33. The van der Waals surface area contributed by atoms with Crippen LogP contribution >= 0.6 is 0 Å². The van der Waals surface area contributed by atoms with Crippen LogP contribution in [0.2, 0.25) is 0 Å². The molecule has 2 aromatic carbocycles. The summed E-state index contributed by atoms with van der Waals surface area (Å²) in [6.45, 7) is 1.77. The first kappa shape index (κ1) is 20.9. The average Bonchev–Trinajstić information content (AvgIpc) is 2.82. The molecule has 0 radical (unpaired) electrons. The fraction of sp³-hybridized carbons (Fsp3) is 0.400. The zero-order valence-corrected chi connectivity index (χ0v) is 17.6. The minimum atomic E-state index is 0.0138. The van der Waals surface area contributed by atoms with Gasteiger partial charge in [-0.05, 0) is 61.6 Å². The molecule has 6 heteroatoms. The number of piperidine rings is 1. The van der Waals surface area contributed by atoms with Gasteiger partial charge in [0.05, 0.1) is 12.7 Å². The molecule has 0 unspecified atom stereocenters. The smallest absolute Gasteiger partial charge is 0.253 e. The maximum Gasteiger partial charge on any atom is 0.253 e. The van der Waals surface area contributed by atoms with Crippen LogP contribution in [0.25, 0.3) is 0 Å². The number of unbranched alkanes of at least 4 members (excludes halogenated alkanes) is 1. The van der Waals surface area contributed by atoms with Crippen LogP contribution in [-0.4, -0.2) is 42.5 Å². The molecule has 0 aromatic heterocycles. The van der Waals surface area contributed by atoms with E-state index in [1.54, 1.807) is 24.3 Å². The fourth-order valence-electron chi connectivity index (χ4n) is 4.40. The van der Waals surface area contributed by atoms with Crippen LogP contribution in [0.3, 0.4) is 0 Å². The molecule has 1 fully saturated rings. The second-order valence-electron chi connectivity index (χ2n) is 8.05. The predicted octanol–water partition coefficient (Wildman–Crippen LogP) is 3.95. The quantitative estimate of drug-likeness (QED) is 0.667. The molecular weight excluding hydrogens is 390 g/mol. The SMILES string of the molecule is N#CCCCOc1ccc(C(=O)N2CCC(N3C(=O)CCc4ccccc43)CC2)cc1. The van der Waals surface area contributed by atoms with Crippen molar-refractivity contribution in [2.24, 2.45) is 0 Å². The number of aryl methyl sites for hydroxylation is 1. The fourth-order valence-corrected chi connectivity index (χ4v) is 4.40. The summed E-state index contributed by atoms with van der Waals surface area (Å²) in [6.07, 6.45) is 4.09. The van der Waals surface area contributed by atoms with E-state index in [-0.39, 0.29) is 17.9 Å². The number of ether oxygens (including phenoxy) is 1. The van der Waals surface area contributed by atoms with Crippen molar-refractivity contribution < 1.29 is 14.3 Å². The zero-order valence-electron chi connectivity index (χ0n) is 17.6. The van der Waals surface area contributed by atoms with Gasteiger partial charge in [-0.1, -0.05) is 18.2 Å². The highest BCUT2D eigenvalue weighted by Crippen LogP contribution is 2.32. The number of amides is 2. The Morgan fingerprint density at radius 1 is 1.06 bits per heavy atom. The average molecular weight is 418 g/mol. The number of benzene rings is 2. The Morgan fingerprint density at radius 3 is 2.55 bits per heavy atom. The molecule has 0 aliphatic carbocycles. The van der Waals surface area contributed by atoms with Gasteiger partial charge in [-0.25, -0.2) is 0 Å². The van der Waals surface area contributed by atoms with Gasteiger partial charge in [0.1, 0.15) is 5.75 Å². The highest BCUT2D eigenvalue weighted by molar-refractivity contribution is 5.97. The Hall–Kier alpha value is -3.33. The molecule has 31 heavy (non-hydrogen) atoms. The standard InChI is InChI=1S/C25H27N3O3/c26-15-3-4-18-31-22-10-7-20(8-11-22)25(30)27-16-13-21(14-17-27)28-23-6-2-1-5-19(23)9-12-24(28)29/h1-2,5-8,10-11,21H,3-4,9,12-14,16-18H2. The number of hydrogen-bond donors (Lipinski definition) is 0. The van der Waals surface area contributed by atoms with Gasteiger partial charge in [-0.2, -0.15) is 5.26 Å². The monoisotopic (exact) mass is 417 g/mol. The van der Waals surface area contributed by atoms with Gasteiger partial charge >= 0.3 is 0 Å². The van der Waals surface area contributed by atoms with Crippen LogP contribution in [-0.2, 0) is 11.2 Å². The minimum absolute atomic E-state index is 0.0138. The topological polar surface area (TPSA) is 73.6 Å². The van der Waals surface area contributed by atoms with E-state index in [0.717, 1.165) is 24.9 Å². The van der Waals surface area contributed by atoms with E-state index in [2.05, 4.69) is 12.1 Å². The van der Waals surface area contributed by atoms with Gasteiger partial charge in [-0.15, -0.1) is 0 Å². The van der Waals surface area contributed by atoms with E-state index in [1.807, 2.05) is 28.0 Å². The normalized spacial score (nSPS) is 16.5. The van der Waals surface area contributed by atoms with Gasteiger partial charge in [-0.3, -0.25) is 9.59 Å². The Bertz CT molecular complexity index is 972. The van der Waals surface area contributed by atoms with Crippen molar-refractivity contribution in [3.8, 4) is 11.8 Å². The second-order valence-corrected chi connectivity index (χ2v) is 8.05. The van der Waals surface area contributed by atoms with Crippen molar-refractivity contribution in [2.45, 2.75) is 44.6 Å². The van der Waals surface area contributed by atoms with E-state index in [4.69, 9.17) is 10.00 Å². The van der Waals surface area contributed by atoms with E-state index in [0.29, 0.717) is 50.3 Å². The molecular formula is C25H27N3O3.